The summed E-state index contributed by atoms with van der Waals surface area (Å²) in [5, 5.41) is 5.47. The van der Waals surface area contributed by atoms with Crippen molar-refractivity contribution in [2.45, 2.75) is 25.6 Å². The van der Waals surface area contributed by atoms with Crippen molar-refractivity contribution in [3.63, 3.8) is 0 Å². The number of aryl methyl sites for hydroxylation is 1. The van der Waals surface area contributed by atoms with Crippen molar-refractivity contribution in [1.82, 2.24) is 20.1 Å². The van der Waals surface area contributed by atoms with Gasteiger partial charge in [0.15, 0.2) is 5.82 Å². The highest BCUT2D eigenvalue weighted by Gasteiger charge is 2.37. The lowest BCUT2D eigenvalue weighted by Gasteiger charge is -2.38. The molecule has 11 heteroatoms. The highest BCUT2D eigenvalue weighted by atomic mass is 35.5. The highest BCUT2D eigenvalue weighted by Crippen LogP contribution is 2.37. The quantitative estimate of drug-likeness (QED) is 0.711. The fraction of sp³-hybridized carbons (Fsp3) is 0.368. The third-order valence-electron chi connectivity index (χ3n) is 5.06. The van der Waals surface area contributed by atoms with Crippen LogP contribution >= 0.6 is 11.6 Å². The van der Waals surface area contributed by atoms with Crippen LogP contribution in [0.15, 0.2) is 41.9 Å². The summed E-state index contributed by atoms with van der Waals surface area (Å²) in [5.74, 6) is 0.0280. The first-order valence-corrected chi connectivity index (χ1v) is 9.56. The minimum absolute atomic E-state index is 0.204. The molecule has 1 aromatic carbocycles. The Morgan fingerprint density at radius 1 is 1.37 bits per heavy atom. The molecule has 2 aromatic rings. The van der Waals surface area contributed by atoms with E-state index in [9.17, 15) is 18.0 Å². The van der Waals surface area contributed by atoms with Crippen molar-refractivity contribution in [2.24, 2.45) is 12.8 Å². The van der Waals surface area contributed by atoms with Gasteiger partial charge in [0.1, 0.15) is 0 Å². The molecule has 1 atom stereocenters. The topological polar surface area (TPSA) is 79.4 Å². The lowest BCUT2D eigenvalue weighted by molar-refractivity contribution is -0.137. The van der Waals surface area contributed by atoms with E-state index >= 15 is 0 Å². The number of amides is 1. The van der Waals surface area contributed by atoms with E-state index in [0.29, 0.717) is 17.9 Å². The molecule has 0 unspecified atom stereocenters. The number of hydrogen-bond donors (Lipinski definition) is 2. The highest BCUT2D eigenvalue weighted by molar-refractivity contribution is 6.34. The molecule has 1 aromatic heterocycles. The van der Waals surface area contributed by atoms with E-state index in [0.717, 1.165) is 11.8 Å². The number of hydrogen-bond acceptors (Lipinski definition) is 5. The first-order valence-electron chi connectivity index (χ1n) is 9.18. The summed E-state index contributed by atoms with van der Waals surface area (Å²) in [6.07, 6.45) is -2.48. The third-order valence-corrected chi connectivity index (χ3v) is 5.47. The fourth-order valence-electron chi connectivity index (χ4n) is 3.47. The Labute approximate surface area is 176 Å². The average Bonchev–Trinajstić information content (AvgIpc) is 3.10. The van der Waals surface area contributed by atoms with Gasteiger partial charge < -0.3 is 10.6 Å². The van der Waals surface area contributed by atoms with Crippen LogP contribution in [0.3, 0.4) is 0 Å². The molecule has 0 saturated heterocycles. The van der Waals surface area contributed by atoms with Crippen LogP contribution in [0, 0.1) is 0 Å². The molecule has 2 heterocycles. The van der Waals surface area contributed by atoms with E-state index in [1.54, 1.807) is 43.0 Å². The summed E-state index contributed by atoms with van der Waals surface area (Å²) >= 11 is 5.94. The molecule has 3 N–H and O–H groups in total. The van der Waals surface area contributed by atoms with E-state index in [4.69, 9.17) is 17.3 Å². The summed E-state index contributed by atoms with van der Waals surface area (Å²) in [6, 6.07) is 4.57. The molecule has 0 radical (unpaired) electrons. The predicted octanol–water partition coefficient (Wildman–Crippen LogP) is 3.14. The van der Waals surface area contributed by atoms with Crippen LogP contribution in [0.2, 0.25) is 5.02 Å². The Morgan fingerprint density at radius 2 is 2.07 bits per heavy atom. The first kappa shape index (κ1) is 22.0. The molecule has 162 valence electrons. The number of nitrogens with zero attached hydrogens (tertiary/aromatic N) is 4. The molecule has 0 saturated carbocycles. The lowest BCUT2D eigenvalue weighted by Crippen LogP contribution is -2.49. The number of carbonyl (C=O) groups is 1. The predicted molar refractivity (Wildman–Crippen MR) is 108 cm³/mol. The molecule has 1 aliphatic rings. The zero-order chi connectivity index (χ0) is 22.2. The van der Waals surface area contributed by atoms with Gasteiger partial charge in [-0.1, -0.05) is 17.7 Å². The molecule has 0 fully saturated rings. The van der Waals surface area contributed by atoms with Crippen molar-refractivity contribution in [1.29, 1.82) is 0 Å². The van der Waals surface area contributed by atoms with Crippen molar-refractivity contribution in [2.75, 3.05) is 18.6 Å². The van der Waals surface area contributed by atoms with Gasteiger partial charge in [-0.3, -0.25) is 14.5 Å². The van der Waals surface area contributed by atoms with Gasteiger partial charge in [0.2, 0.25) is 0 Å². The van der Waals surface area contributed by atoms with Crippen molar-refractivity contribution >= 4 is 23.3 Å². The fourth-order valence-corrected chi connectivity index (χ4v) is 3.79. The van der Waals surface area contributed by atoms with Crippen molar-refractivity contribution in [3.8, 4) is 0 Å². The lowest BCUT2D eigenvalue weighted by atomic mass is 10.0. The Hall–Kier alpha value is -2.72. The SMILES string of the molecule is CNN(C1=C(N)[C@H](C)N(C(=O)c2cccc(C(F)(F)F)c2Cl)CC1)c1ccn(C)n1. The Bertz CT molecular complexity index is 987. The summed E-state index contributed by atoms with van der Waals surface area (Å²) in [6.45, 7) is 1.98. The van der Waals surface area contributed by atoms with Gasteiger partial charge in [-0.15, -0.1) is 0 Å². The number of carbonyl (C=O) groups excluding carboxylic acids is 1. The summed E-state index contributed by atoms with van der Waals surface area (Å²) in [7, 11) is 3.51. The minimum atomic E-state index is -4.65. The monoisotopic (exact) mass is 442 g/mol. The average molecular weight is 443 g/mol. The normalized spacial score (nSPS) is 17.4. The molecule has 1 amide bonds. The number of anilines is 1. The molecule has 1 aliphatic heterocycles. The van der Waals surface area contributed by atoms with Crippen LogP contribution in [0.1, 0.15) is 29.3 Å². The summed E-state index contributed by atoms with van der Waals surface area (Å²) in [5.41, 5.74) is 9.28. The maximum absolute atomic E-state index is 13.2. The molecule has 0 spiro atoms. The maximum Gasteiger partial charge on any atom is 0.417 e. The van der Waals surface area contributed by atoms with E-state index in [1.807, 2.05) is 0 Å². The standard InChI is InChI=1S/C19H22ClF3N6O/c1-11-17(24)14(29(25-2)15-8-9-27(3)26-15)7-10-28(11)18(30)12-5-4-6-13(16(12)20)19(21,22)23/h4-6,8-9,11,25H,7,10,24H2,1-3H3/t11-/m0/s1. The third kappa shape index (κ3) is 3.97. The molecule has 0 bridgehead atoms. The van der Waals surface area contributed by atoms with Gasteiger partial charge in [-0.05, 0) is 19.1 Å². The second-order valence-electron chi connectivity index (χ2n) is 6.90. The number of benzene rings is 1. The number of alkyl halides is 3. The number of hydrazine groups is 1. The second kappa shape index (κ2) is 8.19. The number of rotatable bonds is 4. The number of aromatic nitrogens is 2. The number of nitrogens with two attached hydrogens (primary N) is 1. The van der Waals surface area contributed by atoms with E-state index < -0.39 is 28.7 Å². The van der Waals surface area contributed by atoms with Crippen LogP contribution in [-0.2, 0) is 13.2 Å². The van der Waals surface area contributed by atoms with E-state index in [1.165, 1.54) is 17.0 Å². The van der Waals surface area contributed by atoms with Gasteiger partial charge in [-0.2, -0.15) is 18.3 Å². The van der Waals surface area contributed by atoms with Crippen molar-refractivity contribution < 1.29 is 18.0 Å². The van der Waals surface area contributed by atoms with Crippen molar-refractivity contribution in [3.05, 3.63) is 58.0 Å². The first-order chi connectivity index (χ1) is 14.1. The van der Waals surface area contributed by atoms with Gasteiger partial charge in [0.05, 0.1) is 33.6 Å². The molecule has 3 rings (SSSR count). The molecule has 0 aliphatic carbocycles. The zero-order valence-corrected chi connectivity index (χ0v) is 17.4. The van der Waals surface area contributed by atoms with Crippen LogP contribution < -0.4 is 16.2 Å². The van der Waals surface area contributed by atoms with Gasteiger partial charge in [0, 0.05) is 39.3 Å². The molecular formula is C19H22ClF3N6O. The Morgan fingerprint density at radius 3 is 2.63 bits per heavy atom. The van der Waals surface area contributed by atoms with E-state index in [-0.39, 0.29) is 12.1 Å². The summed E-state index contributed by atoms with van der Waals surface area (Å²) in [4.78, 5) is 14.4. The smallest absolute Gasteiger partial charge is 0.399 e. The molecule has 30 heavy (non-hydrogen) atoms. The van der Waals surface area contributed by atoms with E-state index in [2.05, 4.69) is 10.5 Å². The summed E-state index contributed by atoms with van der Waals surface area (Å²) < 4.78 is 41.1. The van der Waals surface area contributed by atoms with Crippen LogP contribution in [0.25, 0.3) is 0 Å². The maximum atomic E-state index is 13.2. The molecule has 7 nitrogen and oxygen atoms in total. The van der Waals surface area contributed by atoms with Gasteiger partial charge in [0.25, 0.3) is 5.91 Å². The van der Waals surface area contributed by atoms with Crippen LogP contribution in [0.5, 0.6) is 0 Å². The second-order valence-corrected chi connectivity index (χ2v) is 7.28. The van der Waals surface area contributed by atoms with Gasteiger partial charge >= 0.3 is 6.18 Å². The zero-order valence-electron chi connectivity index (χ0n) is 16.7. The van der Waals surface area contributed by atoms with Crippen LogP contribution in [0.4, 0.5) is 19.0 Å². The van der Waals surface area contributed by atoms with Crippen LogP contribution in [-0.4, -0.2) is 40.2 Å². The Kier molecular flexibility index (Phi) is 6.00. The number of nitrogens with one attached hydrogen (secondary N) is 1. The Balaban J connectivity index is 1.91. The molecular weight excluding hydrogens is 421 g/mol. The largest absolute Gasteiger partial charge is 0.417 e. The number of halogens is 4. The van der Waals surface area contributed by atoms with Gasteiger partial charge in [-0.25, -0.2) is 5.43 Å². The minimum Gasteiger partial charge on any atom is -0.399 e.